The molecular weight excluding hydrogens is 408 g/mol. The van der Waals surface area contributed by atoms with Gasteiger partial charge in [-0.2, -0.15) is 5.26 Å². The van der Waals surface area contributed by atoms with Gasteiger partial charge in [0, 0.05) is 24.2 Å². The molecule has 2 aromatic rings. The van der Waals surface area contributed by atoms with E-state index in [1.165, 1.54) is 6.08 Å². The van der Waals surface area contributed by atoms with E-state index in [9.17, 15) is 25.1 Å². The summed E-state index contributed by atoms with van der Waals surface area (Å²) in [5.41, 5.74) is 3.89. The number of rotatable bonds is 5. The lowest BCUT2D eigenvalue weighted by Crippen LogP contribution is -2.24. The van der Waals surface area contributed by atoms with Crippen molar-refractivity contribution in [1.82, 2.24) is 9.13 Å². The van der Waals surface area contributed by atoms with Gasteiger partial charge in [-0.3, -0.25) is 18.7 Å². The highest BCUT2D eigenvalue weighted by Crippen LogP contribution is 2.31. The molecule has 0 fully saturated rings. The molecule has 0 saturated heterocycles. The molecule has 32 heavy (non-hydrogen) atoms. The summed E-state index contributed by atoms with van der Waals surface area (Å²) in [6.07, 6.45) is 4.66. The Morgan fingerprint density at radius 1 is 1.06 bits per heavy atom. The maximum absolute atomic E-state index is 12.7. The number of nitriles is 1. The van der Waals surface area contributed by atoms with Crippen molar-refractivity contribution in [3.63, 3.8) is 0 Å². The average Bonchev–Trinajstić information content (AvgIpc) is 2.74. The van der Waals surface area contributed by atoms with E-state index in [1.807, 2.05) is 6.07 Å². The lowest BCUT2D eigenvalue weighted by Gasteiger charge is -2.12. The van der Waals surface area contributed by atoms with Crippen LogP contribution in [0.3, 0.4) is 0 Å². The van der Waals surface area contributed by atoms with Gasteiger partial charge in [0.25, 0.3) is 11.1 Å². The van der Waals surface area contributed by atoms with Crippen molar-refractivity contribution < 1.29 is 10.2 Å². The highest BCUT2D eigenvalue weighted by molar-refractivity contribution is 5.69. The second-order valence-electron chi connectivity index (χ2n) is 7.08. The summed E-state index contributed by atoms with van der Waals surface area (Å²) < 4.78 is 2.25. The first-order valence-corrected chi connectivity index (χ1v) is 9.96. The fraction of sp³-hybridized carbons (Fsp3) is 0.292. The van der Waals surface area contributed by atoms with Gasteiger partial charge in [0.2, 0.25) is 11.6 Å². The van der Waals surface area contributed by atoms with Crippen molar-refractivity contribution in [2.45, 2.75) is 47.7 Å². The molecule has 2 aromatic heterocycles. The molecule has 0 radical (unpaired) electrons. The van der Waals surface area contributed by atoms with Crippen LogP contribution in [0.2, 0.25) is 0 Å². The van der Waals surface area contributed by atoms with Crippen LogP contribution in [-0.2, 0) is 13.1 Å². The van der Waals surface area contributed by atoms with Gasteiger partial charge >= 0.3 is 0 Å². The van der Waals surface area contributed by atoms with Gasteiger partial charge < -0.3 is 10.2 Å². The minimum absolute atomic E-state index is 0.0131. The standard InChI is InChI=1S/C24H24N4O4/c1-7-27-21(29)17(15(4)19(13-25)23(27)31)11-9-14(3)10-12-18-16(5)20(26-6)24(32)28(8-2)22(18)30/h9,11-12,29,32H,7-8H2,1-5H3. The third-order valence-corrected chi connectivity index (χ3v) is 5.24. The third-order valence-electron chi connectivity index (χ3n) is 5.24. The normalized spacial score (nSPS) is 10.5. The zero-order valence-electron chi connectivity index (χ0n) is 18.6. The monoisotopic (exact) mass is 432 g/mol. The number of pyridine rings is 2. The first kappa shape index (κ1) is 24.0. The van der Waals surface area contributed by atoms with E-state index >= 15 is 0 Å². The van der Waals surface area contributed by atoms with Crippen LogP contribution >= 0.6 is 0 Å². The molecular formula is C24H24N4O4. The van der Waals surface area contributed by atoms with E-state index in [0.717, 1.165) is 9.13 Å². The van der Waals surface area contributed by atoms with Crippen LogP contribution in [0.1, 0.15) is 48.6 Å². The Morgan fingerprint density at radius 3 is 2.19 bits per heavy atom. The molecule has 0 aliphatic heterocycles. The fourth-order valence-electron chi connectivity index (χ4n) is 3.33. The second kappa shape index (κ2) is 9.70. The van der Waals surface area contributed by atoms with E-state index in [1.54, 1.807) is 46.8 Å². The Morgan fingerprint density at radius 2 is 1.66 bits per heavy atom. The van der Waals surface area contributed by atoms with Crippen molar-refractivity contribution in [3.8, 4) is 17.8 Å². The van der Waals surface area contributed by atoms with Crippen molar-refractivity contribution in [1.29, 1.82) is 5.26 Å². The summed E-state index contributed by atoms with van der Waals surface area (Å²) in [4.78, 5) is 28.3. The van der Waals surface area contributed by atoms with Crippen molar-refractivity contribution in [2.24, 2.45) is 0 Å². The summed E-state index contributed by atoms with van der Waals surface area (Å²) >= 11 is 0. The highest BCUT2D eigenvalue weighted by Gasteiger charge is 2.17. The summed E-state index contributed by atoms with van der Waals surface area (Å²) in [6.45, 7) is 16.0. The predicted molar refractivity (Wildman–Crippen MR) is 123 cm³/mol. The van der Waals surface area contributed by atoms with Crippen LogP contribution in [0.4, 0.5) is 5.69 Å². The summed E-state index contributed by atoms with van der Waals surface area (Å²) in [7, 11) is 0. The first-order valence-electron chi connectivity index (χ1n) is 9.96. The molecule has 2 N–H and O–H groups in total. The summed E-state index contributed by atoms with van der Waals surface area (Å²) in [6, 6.07) is 1.89. The van der Waals surface area contributed by atoms with Crippen molar-refractivity contribution in [2.75, 3.05) is 0 Å². The highest BCUT2D eigenvalue weighted by atomic mass is 16.3. The Balaban J connectivity index is 2.64. The number of aromatic nitrogens is 2. The van der Waals surface area contributed by atoms with E-state index < -0.39 is 11.1 Å². The van der Waals surface area contributed by atoms with Crippen LogP contribution in [0.25, 0.3) is 17.0 Å². The molecule has 0 aromatic carbocycles. The summed E-state index contributed by atoms with van der Waals surface area (Å²) in [5.74, 6) is -0.586. The molecule has 164 valence electrons. The fourth-order valence-corrected chi connectivity index (χ4v) is 3.33. The predicted octanol–water partition coefficient (Wildman–Crippen LogP) is 3.77. The smallest absolute Gasteiger partial charge is 0.271 e. The number of aromatic hydroxyl groups is 2. The van der Waals surface area contributed by atoms with Crippen LogP contribution in [0.5, 0.6) is 11.8 Å². The maximum atomic E-state index is 12.7. The Bertz CT molecular complexity index is 1390. The molecule has 0 spiro atoms. The van der Waals surface area contributed by atoms with Crippen LogP contribution in [0, 0.1) is 31.8 Å². The Kier molecular flexibility index (Phi) is 7.28. The minimum Gasteiger partial charge on any atom is -0.503 e. The third kappa shape index (κ3) is 4.13. The van der Waals surface area contributed by atoms with Gasteiger partial charge in [-0.1, -0.05) is 6.08 Å². The van der Waals surface area contributed by atoms with E-state index in [-0.39, 0.29) is 41.7 Å². The quantitative estimate of drug-likeness (QED) is 0.424. The minimum atomic E-state index is -0.542. The molecule has 8 heteroatoms. The summed E-state index contributed by atoms with van der Waals surface area (Å²) in [5, 5.41) is 29.9. The molecule has 0 aliphatic rings. The van der Waals surface area contributed by atoms with Crippen molar-refractivity contribution >= 4 is 17.8 Å². The van der Waals surface area contributed by atoms with Crippen molar-refractivity contribution in [3.05, 3.63) is 77.3 Å². The van der Waals surface area contributed by atoms with Gasteiger partial charge in [0.1, 0.15) is 11.6 Å². The molecule has 0 unspecified atom stereocenters. The van der Waals surface area contributed by atoms with Crippen LogP contribution in [0.15, 0.2) is 27.0 Å². The molecule has 0 saturated carbocycles. The van der Waals surface area contributed by atoms with Crippen LogP contribution < -0.4 is 11.1 Å². The number of allylic oxidation sites excluding steroid dienone is 2. The Labute approximate surface area is 185 Å². The maximum Gasteiger partial charge on any atom is 0.271 e. The number of hydrogen-bond acceptors (Lipinski definition) is 5. The van der Waals surface area contributed by atoms with E-state index in [0.29, 0.717) is 22.3 Å². The van der Waals surface area contributed by atoms with Gasteiger partial charge in [-0.05, 0) is 63.5 Å². The van der Waals surface area contributed by atoms with E-state index in [4.69, 9.17) is 6.57 Å². The topological polar surface area (TPSA) is 113 Å². The lowest BCUT2D eigenvalue weighted by atomic mass is 10.0. The molecule has 0 bridgehead atoms. The van der Waals surface area contributed by atoms with Crippen LogP contribution in [-0.4, -0.2) is 19.3 Å². The van der Waals surface area contributed by atoms with Gasteiger partial charge in [-0.15, -0.1) is 5.73 Å². The molecule has 0 atom stereocenters. The molecule has 2 rings (SSSR count). The SMILES string of the molecule is [C-]#[N+]c1c(C)c(C=C=C(C)C=Cc2c(C)c(C#N)c(=O)n(CC)c2O)c(=O)n(CC)c1O. The van der Waals surface area contributed by atoms with E-state index in [2.05, 4.69) is 10.6 Å². The van der Waals surface area contributed by atoms with Gasteiger partial charge in [-0.25, -0.2) is 4.85 Å². The Hall–Kier alpha value is -4.26. The molecule has 2 heterocycles. The molecule has 0 amide bonds. The van der Waals surface area contributed by atoms with Gasteiger partial charge in [0.15, 0.2) is 5.88 Å². The molecule has 8 nitrogen and oxygen atoms in total. The number of nitrogens with zero attached hydrogens (tertiary/aromatic N) is 4. The largest absolute Gasteiger partial charge is 0.503 e. The molecule has 0 aliphatic carbocycles. The zero-order chi connectivity index (χ0) is 24.2. The first-order chi connectivity index (χ1) is 15.1. The number of hydrogen-bond donors (Lipinski definition) is 2. The lowest BCUT2D eigenvalue weighted by molar-refractivity contribution is 0.409. The second-order valence-corrected chi connectivity index (χ2v) is 7.08. The van der Waals surface area contributed by atoms with Gasteiger partial charge in [0.05, 0.1) is 6.57 Å². The average molecular weight is 432 g/mol. The zero-order valence-corrected chi connectivity index (χ0v) is 18.6.